The Hall–Kier alpha value is -3.54. The highest BCUT2D eigenvalue weighted by molar-refractivity contribution is 6.26. The molecule has 3 aromatic rings. The quantitative estimate of drug-likeness (QED) is 0.618. The number of hydrogen-bond acceptors (Lipinski definition) is 4. The zero-order valence-electron chi connectivity index (χ0n) is 17.1. The molecule has 2 amide bonds. The monoisotopic (exact) mass is 404 g/mol. The molecule has 0 radical (unpaired) electrons. The third-order valence-electron chi connectivity index (χ3n) is 5.05. The van der Waals surface area contributed by atoms with Gasteiger partial charge >= 0.3 is 0 Å². The summed E-state index contributed by atoms with van der Waals surface area (Å²) in [6.07, 6.45) is 0. The van der Waals surface area contributed by atoms with Gasteiger partial charge in [0.1, 0.15) is 6.54 Å². The van der Waals surface area contributed by atoms with Gasteiger partial charge < -0.3 is 14.8 Å². The molecule has 4 rings (SSSR count). The summed E-state index contributed by atoms with van der Waals surface area (Å²) >= 11 is 0. The van der Waals surface area contributed by atoms with E-state index in [4.69, 9.17) is 9.47 Å². The molecule has 0 fully saturated rings. The zero-order valence-corrected chi connectivity index (χ0v) is 17.1. The Morgan fingerprint density at radius 2 is 1.70 bits per heavy atom. The summed E-state index contributed by atoms with van der Waals surface area (Å²) in [6.45, 7) is 5.22. The zero-order chi connectivity index (χ0) is 21.1. The minimum Gasteiger partial charge on any atom is -0.490 e. The Morgan fingerprint density at radius 1 is 0.967 bits per heavy atom. The molecule has 1 N–H and O–H groups in total. The maximum atomic E-state index is 12.8. The molecular formula is C24H24N2O4. The van der Waals surface area contributed by atoms with Gasteiger partial charge in [-0.3, -0.25) is 14.5 Å². The van der Waals surface area contributed by atoms with Gasteiger partial charge in [-0.25, -0.2) is 0 Å². The topological polar surface area (TPSA) is 67.9 Å². The number of rotatable bonds is 8. The number of nitrogens with one attached hydrogen (secondary N) is 1. The van der Waals surface area contributed by atoms with Gasteiger partial charge in [0.25, 0.3) is 5.91 Å². The average molecular weight is 404 g/mol. The van der Waals surface area contributed by atoms with Crippen molar-refractivity contribution in [2.45, 2.75) is 20.4 Å². The maximum absolute atomic E-state index is 12.8. The number of benzene rings is 3. The van der Waals surface area contributed by atoms with E-state index >= 15 is 0 Å². The van der Waals surface area contributed by atoms with Gasteiger partial charge in [-0.1, -0.05) is 30.3 Å². The first-order chi connectivity index (χ1) is 14.6. The molecule has 6 nitrogen and oxygen atoms in total. The fourth-order valence-corrected chi connectivity index (χ4v) is 3.74. The molecule has 3 aromatic carbocycles. The Bertz CT molecular complexity index is 1100. The van der Waals surface area contributed by atoms with Crippen molar-refractivity contribution in [3.05, 3.63) is 65.7 Å². The lowest BCUT2D eigenvalue weighted by atomic mass is 10.1. The molecular weight excluding hydrogens is 380 g/mol. The first kappa shape index (κ1) is 19.8. The number of anilines is 1. The lowest BCUT2D eigenvalue weighted by Crippen LogP contribution is -2.38. The van der Waals surface area contributed by atoms with E-state index in [2.05, 4.69) is 5.32 Å². The van der Waals surface area contributed by atoms with Crippen LogP contribution in [0.5, 0.6) is 11.5 Å². The minimum atomic E-state index is -0.222. The number of hydrogen-bond donors (Lipinski definition) is 1. The van der Waals surface area contributed by atoms with Gasteiger partial charge in [0.2, 0.25) is 5.91 Å². The van der Waals surface area contributed by atoms with Gasteiger partial charge in [0.05, 0.1) is 18.9 Å². The smallest absolute Gasteiger partial charge is 0.259 e. The predicted molar refractivity (Wildman–Crippen MR) is 116 cm³/mol. The lowest BCUT2D eigenvalue weighted by molar-refractivity contribution is -0.119. The third kappa shape index (κ3) is 3.68. The molecule has 0 saturated carbocycles. The van der Waals surface area contributed by atoms with E-state index < -0.39 is 0 Å². The summed E-state index contributed by atoms with van der Waals surface area (Å²) in [5.41, 5.74) is 2.32. The van der Waals surface area contributed by atoms with Crippen molar-refractivity contribution in [2.24, 2.45) is 0 Å². The Labute approximate surface area is 175 Å². The first-order valence-corrected chi connectivity index (χ1v) is 10.1. The highest BCUT2D eigenvalue weighted by Crippen LogP contribution is 2.36. The molecule has 0 spiro atoms. The second-order valence-corrected chi connectivity index (χ2v) is 7.00. The second-order valence-electron chi connectivity index (χ2n) is 7.00. The summed E-state index contributed by atoms with van der Waals surface area (Å²) < 4.78 is 11.2. The average Bonchev–Trinajstić information content (AvgIpc) is 3.02. The van der Waals surface area contributed by atoms with E-state index in [9.17, 15) is 9.59 Å². The van der Waals surface area contributed by atoms with Gasteiger partial charge in [0, 0.05) is 17.5 Å². The Morgan fingerprint density at radius 3 is 2.47 bits per heavy atom. The Kier molecular flexibility index (Phi) is 5.57. The number of ether oxygens (including phenoxy) is 2. The third-order valence-corrected chi connectivity index (χ3v) is 5.05. The van der Waals surface area contributed by atoms with Gasteiger partial charge in [-0.15, -0.1) is 0 Å². The van der Waals surface area contributed by atoms with Crippen molar-refractivity contribution in [2.75, 3.05) is 24.7 Å². The molecule has 0 atom stereocenters. The number of amides is 2. The molecule has 30 heavy (non-hydrogen) atoms. The van der Waals surface area contributed by atoms with Crippen molar-refractivity contribution in [1.29, 1.82) is 0 Å². The van der Waals surface area contributed by atoms with Crippen LogP contribution in [0, 0.1) is 0 Å². The van der Waals surface area contributed by atoms with Crippen molar-refractivity contribution in [3.63, 3.8) is 0 Å². The van der Waals surface area contributed by atoms with Crippen molar-refractivity contribution < 1.29 is 19.1 Å². The van der Waals surface area contributed by atoms with E-state index in [1.807, 2.05) is 62.4 Å². The normalized spacial score (nSPS) is 12.3. The summed E-state index contributed by atoms with van der Waals surface area (Å²) in [6, 6.07) is 17.0. The van der Waals surface area contributed by atoms with Crippen molar-refractivity contribution in [1.82, 2.24) is 5.32 Å². The summed E-state index contributed by atoms with van der Waals surface area (Å²) in [4.78, 5) is 27.0. The predicted octanol–water partition coefficient (Wildman–Crippen LogP) is 3.91. The number of carbonyl (C=O) groups is 2. The van der Waals surface area contributed by atoms with Crippen LogP contribution in [0.15, 0.2) is 54.6 Å². The van der Waals surface area contributed by atoms with E-state index in [-0.39, 0.29) is 18.4 Å². The molecule has 1 aliphatic rings. The standard InChI is InChI=1S/C24H24N2O4/c1-3-29-20-12-11-16(13-21(20)30-4-2)14-25-22(27)15-26-19-10-6-8-17-7-5-9-18(23(17)19)24(26)28/h5-13H,3-4,14-15H2,1-2H3,(H,25,27). The molecule has 0 saturated heterocycles. The fourth-order valence-electron chi connectivity index (χ4n) is 3.74. The van der Waals surface area contributed by atoms with Crippen LogP contribution in [-0.2, 0) is 11.3 Å². The molecule has 0 bridgehead atoms. The van der Waals surface area contributed by atoms with Crippen LogP contribution in [0.2, 0.25) is 0 Å². The van der Waals surface area contributed by atoms with E-state index in [1.165, 1.54) is 4.90 Å². The summed E-state index contributed by atoms with van der Waals surface area (Å²) in [5.74, 6) is 0.975. The molecule has 6 heteroatoms. The van der Waals surface area contributed by atoms with Crippen LogP contribution in [-0.4, -0.2) is 31.6 Å². The van der Waals surface area contributed by atoms with Crippen LogP contribution in [0.3, 0.4) is 0 Å². The largest absolute Gasteiger partial charge is 0.490 e. The highest BCUT2D eigenvalue weighted by atomic mass is 16.5. The minimum absolute atomic E-state index is 0.0258. The summed E-state index contributed by atoms with van der Waals surface area (Å²) in [7, 11) is 0. The van der Waals surface area contributed by atoms with Crippen LogP contribution >= 0.6 is 0 Å². The summed E-state index contributed by atoms with van der Waals surface area (Å²) in [5, 5.41) is 4.80. The van der Waals surface area contributed by atoms with E-state index in [0.29, 0.717) is 36.8 Å². The molecule has 0 aromatic heterocycles. The first-order valence-electron chi connectivity index (χ1n) is 10.1. The lowest BCUT2D eigenvalue weighted by Gasteiger charge is -2.17. The van der Waals surface area contributed by atoms with E-state index in [0.717, 1.165) is 22.0 Å². The maximum Gasteiger partial charge on any atom is 0.259 e. The molecule has 1 aliphatic heterocycles. The van der Waals surface area contributed by atoms with Crippen LogP contribution in [0.4, 0.5) is 5.69 Å². The number of nitrogens with zero attached hydrogens (tertiary/aromatic N) is 1. The van der Waals surface area contributed by atoms with Crippen molar-refractivity contribution >= 4 is 28.3 Å². The Balaban J connectivity index is 1.44. The van der Waals surface area contributed by atoms with Crippen LogP contribution < -0.4 is 19.7 Å². The van der Waals surface area contributed by atoms with Gasteiger partial charge in [0.15, 0.2) is 11.5 Å². The van der Waals surface area contributed by atoms with Crippen LogP contribution in [0.1, 0.15) is 29.8 Å². The molecule has 1 heterocycles. The van der Waals surface area contributed by atoms with Gasteiger partial charge in [-0.2, -0.15) is 0 Å². The molecule has 0 unspecified atom stereocenters. The highest BCUT2D eigenvalue weighted by Gasteiger charge is 2.30. The van der Waals surface area contributed by atoms with Crippen LogP contribution in [0.25, 0.3) is 10.8 Å². The molecule has 0 aliphatic carbocycles. The van der Waals surface area contributed by atoms with Gasteiger partial charge in [-0.05, 0) is 49.1 Å². The fraction of sp³-hybridized carbons (Fsp3) is 0.250. The molecule has 154 valence electrons. The van der Waals surface area contributed by atoms with E-state index in [1.54, 1.807) is 6.07 Å². The number of carbonyl (C=O) groups excluding carboxylic acids is 2. The van der Waals surface area contributed by atoms with Crippen molar-refractivity contribution in [3.8, 4) is 11.5 Å². The second kappa shape index (κ2) is 8.45. The SMILES string of the molecule is CCOc1ccc(CNC(=O)CN2C(=O)c3cccc4cccc2c34)cc1OCC.